The van der Waals surface area contributed by atoms with E-state index >= 15 is 0 Å². The van der Waals surface area contributed by atoms with Crippen LogP contribution in [0, 0.1) is 6.92 Å². The minimum Gasteiger partial charge on any atom is -0.507 e. The molecular formula is C27H24ClN3O4. The Morgan fingerprint density at radius 1 is 1.09 bits per heavy atom. The van der Waals surface area contributed by atoms with Crippen molar-refractivity contribution in [3.8, 4) is 28.5 Å². The predicted molar refractivity (Wildman–Crippen MR) is 133 cm³/mol. The number of hydrogen-bond acceptors (Lipinski definition) is 5. The zero-order valence-electron chi connectivity index (χ0n) is 19.3. The van der Waals surface area contributed by atoms with Gasteiger partial charge in [0.1, 0.15) is 28.6 Å². The van der Waals surface area contributed by atoms with E-state index in [0.717, 1.165) is 11.1 Å². The second-order valence-corrected chi connectivity index (χ2v) is 8.77. The van der Waals surface area contributed by atoms with Crippen molar-refractivity contribution in [2.45, 2.75) is 13.0 Å². The quantitative estimate of drug-likeness (QED) is 0.346. The highest BCUT2D eigenvalue weighted by atomic mass is 35.5. The van der Waals surface area contributed by atoms with Gasteiger partial charge in [0.15, 0.2) is 0 Å². The molecule has 1 amide bonds. The molecular weight excluding hydrogens is 466 g/mol. The highest BCUT2D eigenvalue weighted by Gasteiger charge is 2.42. The maximum absolute atomic E-state index is 13.4. The fourth-order valence-electron chi connectivity index (χ4n) is 4.40. The zero-order chi connectivity index (χ0) is 24.5. The molecule has 1 aliphatic rings. The van der Waals surface area contributed by atoms with Gasteiger partial charge in [-0.2, -0.15) is 5.10 Å². The lowest BCUT2D eigenvalue weighted by Gasteiger charge is -2.26. The van der Waals surface area contributed by atoms with E-state index in [2.05, 4.69) is 10.2 Å². The second kappa shape index (κ2) is 9.44. The molecule has 35 heavy (non-hydrogen) atoms. The van der Waals surface area contributed by atoms with Crippen LogP contribution in [-0.4, -0.2) is 46.4 Å². The number of ether oxygens (including phenoxy) is 2. The van der Waals surface area contributed by atoms with Crippen LogP contribution >= 0.6 is 11.6 Å². The largest absolute Gasteiger partial charge is 0.507 e. The number of carbonyl (C=O) groups excluding carboxylic acids is 1. The number of methoxy groups -OCH3 is 1. The van der Waals surface area contributed by atoms with Crippen molar-refractivity contribution in [3.63, 3.8) is 0 Å². The number of H-pyrrole nitrogens is 1. The summed E-state index contributed by atoms with van der Waals surface area (Å²) in [5, 5.41) is 18.5. The molecule has 1 aromatic heterocycles. The number of halogens is 1. The molecule has 0 aliphatic carbocycles. The molecule has 3 aromatic carbocycles. The Hall–Kier alpha value is -3.81. The van der Waals surface area contributed by atoms with E-state index in [1.165, 1.54) is 0 Å². The number of benzene rings is 3. The average Bonchev–Trinajstić information content (AvgIpc) is 3.39. The molecule has 4 aromatic rings. The highest BCUT2D eigenvalue weighted by molar-refractivity contribution is 6.31. The first-order valence-electron chi connectivity index (χ1n) is 11.2. The summed E-state index contributed by atoms with van der Waals surface area (Å²) in [5.41, 5.74) is 3.60. The normalized spacial score (nSPS) is 14.9. The average molecular weight is 490 g/mol. The van der Waals surface area contributed by atoms with Gasteiger partial charge in [-0.05, 0) is 54.4 Å². The molecule has 1 atom stereocenters. The monoisotopic (exact) mass is 489 g/mol. The predicted octanol–water partition coefficient (Wildman–Crippen LogP) is 5.73. The molecule has 0 saturated carbocycles. The highest BCUT2D eigenvalue weighted by Crippen LogP contribution is 2.45. The first kappa shape index (κ1) is 23.0. The Kier molecular flexibility index (Phi) is 6.19. The maximum Gasteiger partial charge on any atom is 0.273 e. The number of nitrogens with one attached hydrogen (secondary N) is 1. The first-order valence-corrected chi connectivity index (χ1v) is 11.6. The summed E-state index contributed by atoms with van der Waals surface area (Å²) < 4.78 is 11.3. The number of para-hydroxylation sites is 1. The van der Waals surface area contributed by atoms with Crippen LogP contribution < -0.4 is 4.74 Å². The molecule has 0 spiro atoms. The molecule has 0 bridgehead atoms. The third-order valence-electron chi connectivity index (χ3n) is 6.08. The van der Waals surface area contributed by atoms with Crippen molar-refractivity contribution in [2.24, 2.45) is 0 Å². The number of phenolic OH excluding ortho intramolecular Hbond substituents is 1. The summed E-state index contributed by atoms with van der Waals surface area (Å²) in [6.45, 7) is 2.57. The lowest BCUT2D eigenvalue weighted by Crippen LogP contribution is -2.32. The number of rotatable bonds is 7. The van der Waals surface area contributed by atoms with E-state index in [9.17, 15) is 9.90 Å². The van der Waals surface area contributed by atoms with Crippen LogP contribution in [0.2, 0.25) is 5.02 Å². The molecule has 1 unspecified atom stereocenters. The van der Waals surface area contributed by atoms with Gasteiger partial charge in [0, 0.05) is 29.8 Å². The van der Waals surface area contributed by atoms with Crippen LogP contribution in [0.15, 0.2) is 66.7 Å². The van der Waals surface area contributed by atoms with Gasteiger partial charge >= 0.3 is 0 Å². The van der Waals surface area contributed by atoms with Crippen molar-refractivity contribution in [3.05, 3.63) is 94.1 Å². The number of phenols is 1. The van der Waals surface area contributed by atoms with Gasteiger partial charge < -0.3 is 19.5 Å². The molecule has 2 N–H and O–H groups in total. The molecule has 0 radical (unpaired) electrons. The number of hydrogen-bond donors (Lipinski definition) is 2. The van der Waals surface area contributed by atoms with Gasteiger partial charge in [0.05, 0.1) is 12.6 Å². The van der Waals surface area contributed by atoms with Crippen LogP contribution in [0.25, 0.3) is 11.3 Å². The second-order valence-electron chi connectivity index (χ2n) is 8.36. The Morgan fingerprint density at radius 3 is 2.63 bits per heavy atom. The van der Waals surface area contributed by atoms with Crippen LogP contribution in [0.3, 0.4) is 0 Å². The summed E-state index contributed by atoms with van der Waals surface area (Å²) in [4.78, 5) is 15.1. The van der Waals surface area contributed by atoms with Crippen molar-refractivity contribution < 1.29 is 19.4 Å². The fourth-order valence-corrected chi connectivity index (χ4v) is 4.56. The van der Waals surface area contributed by atoms with E-state index in [0.29, 0.717) is 52.2 Å². The minimum atomic E-state index is -0.458. The molecule has 7 nitrogen and oxygen atoms in total. The minimum absolute atomic E-state index is 0.0453. The van der Waals surface area contributed by atoms with Crippen LogP contribution in [0.5, 0.6) is 17.2 Å². The maximum atomic E-state index is 13.4. The standard InChI is InChI=1S/C27H24ClN3O4/c1-16-13-22(32)20(15-21(16)28)24-23-25(30-29-24)27(33)31(11-12-34-2)26(23)17-7-6-10-19(14-17)35-18-8-4-3-5-9-18/h3-10,13-15,26,32H,11-12H2,1-2H3,(H,29,30). The van der Waals surface area contributed by atoms with Crippen molar-refractivity contribution in [1.82, 2.24) is 15.1 Å². The van der Waals surface area contributed by atoms with E-state index < -0.39 is 6.04 Å². The van der Waals surface area contributed by atoms with Crippen molar-refractivity contribution >= 4 is 17.5 Å². The van der Waals surface area contributed by atoms with E-state index in [1.54, 1.807) is 24.1 Å². The Morgan fingerprint density at radius 2 is 1.86 bits per heavy atom. The number of aryl methyl sites for hydroxylation is 1. The van der Waals surface area contributed by atoms with Gasteiger partial charge in [-0.1, -0.05) is 41.9 Å². The first-order chi connectivity index (χ1) is 17.0. The molecule has 178 valence electrons. The Bertz CT molecular complexity index is 1390. The lowest BCUT2D eigenvalue weighted by atomic mass is 9.95. The van der Waals surface area contributed by atoms with Gasteiger partial charge in [-0.15, -0.1) is 0 Å². The summed E-state index contributed by atoms with van der Waals surface area (Å²) in [5.74, 6) is 1.22. The summed E-state index contributed by atoms with van der Waals surface area (Å²) >= 11 is 6.37. The SMILES string of the molecule is COCCN1C(=O)c2[nH]nc(-c3cc(Cl)c(C)cc3O)c2C1c1cccc(Oc2ccccc2)c1. The molecule has 8 heteroatoms. The Labute approximate surface area is 207 Å². The third-order valence-corrected chi connectivity index (χ3v) is 6.49. The topological polar surface area (TPSA) is 87.7 Å². The number of aromatic nitrogens is 2. The van der Waals surface area contributed by atoms with Crippen LogP contribution in [0.4, 0.5) is 0 Å². The summed E-state index contributed by atoms with van der Waals surface area (Å²) in [7, 11) is 1.60. The van der Waals surface area contributed by atoms with E-state index in [-0.39, 0.29) is 11.7 Å². The zero-order valence-corrected chi connectivity index (χ0v) is 20.0. The lowest BCUT2D eigenvalue weighted by molar-refractivity contribution is 0.0677. The van der Waals surface area contributed by atoms with E-state index in [4.69, 9.17) is 21.1 Å². The smallest absolute Gasteiger partial charge is 0.273 e. The number of carbonyl (C=O) groups is 1. The van der Waals surface area contributed by atoms with Crippen LogP contribution in [-0.2, 0) is 4.74 Å². The molecule has 2 heterocycles. The van der Waals surface area contributed by atoms with Crippen molar-refractivity contribution in [1.29, 1.82) is 0 Å². The summed E-state index contributed by atoms with van der Waals surface area (Å²) in [6, 6.07) is 19.9. The molecule has 0 saturated heterocycles. The fraction of sp³-hybridized carbons (Fsp3) is 0.185. The van der Waals surface area contributed by atoms with E-state index in [1.807, 2.05) is 61.5 Å². The van der Waals surface area contributed by atoms with Crippen molar-refractivity contribution in [2.75, 3.05) is 20.3 Å². The number of amides is 1. The van der Waals surface area contributed by atoms with Gasteiger partial charge in [-0.3, -0.25) is 9.89 Å². The number of aromatic amines is 1. The van der Waals surface area contributed by atoms with Crippen LogP contribution in [0.1, 0.15) is 33.2 Å². The van der Waals surface area contributed by atoms with Gasteiger partial charge in [-0.25, -0.2) is 0 Å². The van der Waals surface area contributed by atoms with Gasteiger partial charge in [0.2, 0.25) is 0 Å². The molecule has 5 rings (SSSR count). The molecule has 1 aliphatic heterocycles. The number of nitrogens with zero attached hydrogens (tertiary/aromatic N) is 2. The van der Waals surface area contributed by atoms with Gasteiger partial charge in [0.25, 0.3) is 5.91 Å². The Balaban J connectivity index is 1.62. The third kappa shape index (κ3) is 4.24. The number of aromatic hydroxyl groups is 1. The summed E-state index contributed by atoms with van der Waals surface area (Å²) in [6.07, 6.45) is 0. The number of fused-ring (bicyclic) bond motifs is 1. The molecule has 0 fully saturated rings.